The Morgan fingerprint density at radius 3 is 2.44 bits per heavy atom. The Kier molecular flexibility index (Phi) is 2.73. The highest BCUT2D eigenvalue weighted by Gasteiger charge is 2.25. The fourth-order valence-electron chi connectivity index (χ4n) is 0.859. The Hall–Kier alpha value is 0.650. The Balaban J connectivity index is 2.04. The molecule has 1 aliphatic heterocycles. The van der Waals surface area contributed by atoms with Gasteiger partial charge in [-0.25, -0.2) is 3.11 Å². The van der Waals surface area contributed by atoms with Crippen molar-refractivity contribution >= 4 is 22.9 Å². The molecule has 0 unspecified atom stereocenters. The monoisotopic (exact) mass is 241 g/mol. The molecule has 0 aromatic carbocycles. The zero-order chi connectivity index (χ0) is 6.85. The molecule has 54 valence electrons. The molecule has 0 aromatic rings. The predicted molar refractivity (Wildman–Crippen MR) is 45.6 cm³/mol. The van der Waals surface area contributed by atoms with Crippen molar-refractivity contribution in [2.24, 2.45) is 0 Å². The molecule has 0 bridgehead atoms. The summed E-state index contributed by atoms with van der Waals surface area (Å²) in [4.78, 5) is 0. The lowest BCUT2D eigenvalue weighted by Gasteiger charge is -2.35. The van der Waals surface area contributed by atoms with E-state index in [2.05, 4.69) is 39.8 Å². The van der Waals surface area contributed by atoms with Crippen LogP contribution in [0.5, 0.6) is 0 Å². The van der Waals surface area contributed by atoms with Crippen LogP contribution in [0.2, 0.25) is 0 Å². The van der Waals surface area contributed by atoms with Gasteiger partial charge in [0.2, 0.25) is 0 Å². The van der Waals surface area contributed by atoms with Crippen molar-refractivity contribution in [3.05, 3.63) is 0 Å². The van der Waals surface area contributed by atoms with Gasteiger partial charge in [0.25, 0.3) is 0 Å². The normalized spacial score (nSPS) is 22.7. The standard InChI is InChI=1S/C6H12INO/c1-5(2)9-6-3-8(7)4-6/h5-6H,3-4H2,1-2H3. The third-order valence-electron chi connectivity index (χ3n) is 1.27. The fourth-order valence-corrected chi connectivity index (χ4v) is 1.74. The Morgan fingerprint density at radius 2 is 2.11 bits per heavy atom. The third-order valence-corrected chi connectivity index (χ3v) is 2.06. The molecule has 1 fully saturated rings. The molecule has 0 aromatic heterocycles. The maximum absolute atomic E-state index is 5.51. The van der Waals surface area contributed by atoms with Gasteiger partial charge < -0.3 is 4.74 Å². The van der Waals surface area contributed by atoms with Gasteiger partial charge in [0, 0.05) is 36.0 Å². The molecule has 2 nitrogen and oxygen atoms in total. The summed E-state index contributed by atoms with van der Waals surface area (Å²) in [6.07, 6.45) is 0.891. The molecule has 1 aliphatic rings. The summed E-state index contributed by atoms with van der Waals surface area (Å²) in [5, 5.41) is 0. The summed E-state index contributed by atoms with van der Waals surface area (Å²) in [6.45, 7) is 6.35. The molecule has 9 heavy (non-hydrogen) atoms. The maximum Gasteiger partial charge on any atom is 0.0848 e. The molecule has 0 spiro atoms. The van der Waals surface area contributed by atoms with Gasteiger partial charge in [0.1, 0.15) is 0 Å². The number of halogens is 1. The number of rotatable bonds is 2. The van der Waals surface area contributed by atoms with Gasteiger partial charge in [0.15, 0.2) is 0 Å². The van der Waals surface area contributed by atoms with E-state index in [1.807, 2.05) is 0 Å². The maximum atomic E-state index is 5.51. The Labute approximate surface area is 70.0 Å². The summed E-state index contributed by atoms with van der Waals surface area (Å²) in [5.74, 6) is 0. The largest absolute Gasteiger partial charge is 0.373 e. The van der Waals surface area contributed by atoms with Crippen molar-refractivity contribution in [2.45, 2.75) is 26.1 Å². The average molecular weight is 241 g/mol. The third kappa shape index (κ3) is 2.39. The lowest BCUT2D eigenvalue weighted by atomic mass is 10.2. The van der Waals surface area contributed by atoms with Crippen molar-refractivity contribution in [1.29, 1.82) is 0 Å². The average Bonchev–Trinajstić information content (AvgIpc) is 1.60. The summed E-state index contributed by atoms with van der Waals surface area (Å²) < 4.78 is 7.74. The molecule has 0 saturated carbocycles. The highest BCUT2D eigenvalue weighted by molar-refractivity contribution is 14.1. The lowest BCUT2D eigenvalue weighted by molar-refractivity contribution is -0.0433. The summed E-state index contributed by atoms with van der Waals surface area (Å²) in [7, 11) is 0. The minimum Gasteiger partial charge on any atom is -0.373 e. The Morgan fingerprint density at radius 1 is 1.56 bits per heavy atom. The van der Waals surface area contributed by atoms with Crippen LogP contribution in [0.25, 0.3) is 0 Å². The van der Waals surface area contributed by atoms with Crippen molar-refractivity contribution < 1.29 is 4.74 Å². The molecular weight excluding hydrogens is 229 g/mol. The van der Waals surface area contributed by atoms with E-state index in [0.717, 1.165) is 13.1 Å². The number of nitrogens with zero attached hydrogens (tertiary/aromatic N) is 1. The second-order valence-corrected chi connectivity index (χ2v) is 4.00. The first-order chi connectivity index (χ1) is 4.18. The molecular formula is C6H12INO. The first-order valence-electron chi connectivity index (χ1n) is 3.24. The predicted octanol–water partition coefficient (Wildman–Crippen LogP) is 1.45. The molecule has 1 rings (SSSR count). The SMILES string of the molecule is CC(C)OC1CN(I)C1. The fraction of sp³-hybridized carbons (Fsp3) is 1.00. The second kappa shape index (κ2) is 3.16. The van der Waals surface area contributed by atoms with Gasteiger partial charge in [-0.1, -0.05) is 0 Å². The van der Waals surface area contributed by atoms with Crippen LogP contribution < -0.4 is 0 Å². The van der Waals surface area contributed by atoms with Crippen molar-refractivity contribution in [2.75, 3.05) is 13.1 Å². The van der Waals surface area contributed by atoms with Crippen LogP contribution in [-0.4, -0.2) is 28.4 Å². The summed E-state index contributed by atoms with van der Waals surface area (Å²) in [6, 6.07) is 0. The van der Waals surface area contributed by atoms with E-state index in [9.17, 15) is 0 Å². The van der Waals surface area contributed by atoms with Crippen LogP contribution in [0.3, 0.4) is 0 Å². The van der Waals surface area contributed by atoms with E-state index in [0.29, 0.717) is 12.2 Å². The molecule has 0 atom stereocenters. The quantitative estimate of drug-likeness (QED) is 0.535. The van der Waals surface area contributed by atoms with E-state index >= 15 is 0 Å². The van der Waals surface area contributed by atoms with Crippen LogP contribution >= 0.6 is 22.9 Å². The topological polar surface area (TPSA) is 12.5 Å². The van der Waals surface area contributed by atoms with Gasteiger partial charge in [-0.15, -0.1) is 0 Å². The van der Waals surface area contributed by atoms with E-state index in [1.54, 1.807) is 0 Å². The molecule has 1 saturated heterocycles. The van der Waals surface area contributed by atoms with Crippen LogP contribution in [0.15, 0.2) is 0 Å². The summed E-state index contributed by atoms with van der Waals surface area (Å²) >= 11 is 2.31. The first-order valence-corrected chi connectivity index (χ1v) is 4.21. The van der Waals surface area contributed by atoms with Crippen molar-refractivity contribution in [3.63, 3.8) is 0 Å². The first kappa shape index (κ1) is 7.75. The zero-order valence-corrected chi connectivity index (χ0v) is 7.96. The van der Waals surface area contributed by atoms with Gasteiger partial charge in [0.05, 0.1) is 12.2 Å². The summed E-state index contributed by atoms with van der Waals surface area (Å²) in [5.41, 5.74) is 0. The van der Waals surface area contributed by atoms with Gasteiger partial charge in [-0.2, -0.15) is 0 Å². The molecule has 0 aliphatic carbocycles. The molecule has 1 heterocycles. The van der Waals surface area contributed by atoms with Crippen LogP contribution in [0.4, 0.5) is 0 Å². The number of hydrogen-bond acceptors (Lipinski definition) is 2. The van der Waals surface area contributed by atoms with Crippen LogP contribution in [0.1, 0.15) is 13.8 Å². The van der Waals surface area contributed by atoms with Gasteiger partial charge in [-0.05, 0) is 13.8 Å². The molecule has 0 amide bonds. The van der Waals surface area contributed by atoms with Crippen molar-refractivity contribution in [1.82, 2.24) is 3.11 Å². The van der Waals surface area contributed by atoms with Crippen molar-refractivity contribution in [3.8, 4) is 0 Å². The van der Waals surface area contributed by atoms with E-state index in [-0.39, 0.29) is 0 Å². The van der Waals surface area contributed by atoms with Crippen LogP contribution in [0, 0.1) is 0 Å². The van der Waals surface area contributed by atoms with Gasteiger partial charge >= 0.3 is 0 Å². The van der Waals surface area contributed by atoms with E-state index in [1.165, 1.54) is 0 Å². The smallest absolute Gasteiger partial charge is 0.0848 e. The molecule has 3 heteroatoms. The number of hydrogen-bond donors (Lipinski definition) is 0. The van der Waals surface area contributed by atoms with E-state index in [4.69, 9.17) is 4.74 Å². The minimum absolute atomic E-state index is 0.389. The second-order valence-electron chi connectivity index (χ2n) is 2.63. The molecule has 0 N–H and O–H groups in total. The lowest BCUT2D eigenvalue weighted by Crippen LogP contribution is -2.47. The van der Waals surface area contributed by atoms with E-state index < -0.39 is 0 Å². The van der Waals surface area contributed by atoms with Gasteiger partial charge in [-0.3, -0.25) is 0 Å². The zero-order valence-electron chi connectivity index (χ0n) is 5.80. The number of ether oxygens (including phenoxy) is 1. The Bertz CT molecular complexity index is 91.1. The molecule has 0 radical (unpaired) electrons. The highest BCUT2D eigenvalue weighted by Crippen LogP contribution is 2.16. The van der Waals surface area contributed by atoms with Crippen LogP contribution in [-0.2, 0) is 4.74 Å². The highest BCUT2D eigenvalue weighted by atomic mass is 127. The minimum atomic E-state index is 0.389.